The second kappa shape index (κ2) is 23.4. The summed E-state index contributed by atoms with van der Waals surface area (Å²) in [7, 11) is 2.00. The molecule has 0 aromatic carbocycles. The van der Waals surface area contributed by atoms with Crippen molar-refractivity contribution in [2.45, 2.75) is 105 Å². The Morgan fingerprint density at radius 2 is 1.69 bits per heavy atom. The molecule has 0 aromatic heterocycles. The average Bonchev–Trinajstić information content (AvgIpc) is 3.72. The standard InChI is InChI=1S/C17H27N3O3.C5H10O.C5H12.C2H6/c1-3-8-18-17(23)15(21)14(10-12-6-7-12)19-16(22)13-5-4-9-20(2)11-13;1-3-5(2)4-6;1-3-5-4-2;1-2/h3,12-14H,1,4-11H2,2H3,(H,18,23)(H,19,22);4-5H,3H2,1-2H3;3-5H2,1-2H3;1-2H3. The number of rotatable bonds is 12. The van der Waals surface area contributed by atoms with Crippen molar-refractivity contribution in [1.82, 2.24) is 15.5 Å². The van der Waals surface area contributed by atoms with Crippen molar-refractivity contribution < 1.29 is 19.2 Å². The number of Topliss-reactive ketones (excluding diaryl/α,β-unsaturated/α-hetero) is 1. The lowest BCUT2D eigenvalue weighted by Gasteiger charge is -2.30. The van der Waals surface area contributed by atoms with E-state index in [9.17, 15) is 19.2 Å². The minimum atomic E-state index is -0.702. The molecule has 1 aliphatic heterocycles. The van der Waals surface area contributed by atoms with Crippen molar-refractivity contribution in [1.29, 1.82) is 0 Å². The highest BCUT2D eigenvalue weighted by Crippen LogP contribution is 2.33. The van der Waals surface area contributed by atoms with Gasteiger partial charge in [-0.1, -0.05) is 79.7 Å². The zero-order chi connectivity index (χ0) is 27.9. The number of hydrogen-bond donors (Lipinski definition) is 2. The Morgan fingerprint density at radius 1 is 1.08 bits per heavy atom. The molecule has 36 heavy (non-hydrogen) atoms. The molecule has 7 heteroatoms. The molecule has 3 unspecified atom stereocenters. The maximum Gasteiger partial charge on any atom is 0.289 e. The van der Waals surface area contributed by atoms with E-state index in [1.807, 2.05) is 34.7 Å². The summed E-state index contributed by atoms with van der Waals surface area (Å²) in [6.07, 6.45) is 12.1. The lowest BCUT2D eigenvalue weighted by Crippen LogP contribution is -2.51. The van der Waals surface area contributed by atoms with Gasteiger partial charge in [0.2, 0.25) is 11.7 Å². The van der Waals surface area contributed by atoms with Gasteiger partial charge in [0.05, 0.1) is 12.0 Å². The number of likely N-dealkylation sites (tertiary alicyclic amines) is 1. The van der Waals surface area contributed by atoms with Crippen molar-refractivity contribution in [3.63, 3.8) is 0 Å². The summed E-state index contributed by atoms with van der Waals surface area (Å²) in [4.78, 5) is 48.5. The summed E-state index contributed by atoms with van der Waals surface area (Å²) in [5.74, 6) is -0.685. The molecule has 210 valence electrons. The molecule has 0 aromatic rings. The Morgan fingerprint density at radius 3 is 2.08 bits per heavy atom. The maximum atomic E-state index is 12.5. The molecular weight excluding hydrogens is 454 g/mol. The SMILES string of the molecule is C=CCNC(=O)C(=O)C(CC1CC1)NC(=O)C1CCCN(C)C1.CC.CCC(C)C=O.CCCCC. The molecule has 1 saturated carbocycles. The zero-order valence-corrected chi connectivity index (χ0v) is 24.2. The van der Waals surface area contributed by atoms with E-state index in [1.54, 1.807) is 0 Å². The van der Waals surface area contributed by atoms with E-state index in [0.29, 0.717) is 18.9 Å². The van der Waals surface area contributed by atoms with Gasteiger partial charge in [-0.05, 0) is 45.2 Å². The molecule has 0 bridgehead atoms. The first kappa shape index (κ1) is 36.1. The van der Waals surface area contributed by atoms with E-state index >= 15 is 0 Å². The minimum absolute atomic E-state index is 0.0977. The molecule has 2 N–H and O–H groups in total. The van der Waals surface area contributed by atoms with E-state index in [1.165, 1.54) is 25.3 Å². The normalized spacial score (nSPS) is 18.2. The summed E-state index contributed by atoms with van der Waals surface area (Å²) in [5.41, 5.74) is 0. The third-order valence-electron chi connectivity index (χ3n) is 6.11. The third-order valence-corrected chi connectivity index (χ3v) is 6.11. The van der Waals surface area contributed by atoms with Gasteiger partial charge >= 0.3 is 0 Å². The number of hydrogen-bond acceptors (Lipinski definition) is 5. The number of carbonyl (C=O) groups is 4. The molecule has 2 amide bonds. The Hall–Kier alpha value is -2.02. The molecule has 1 aliphatic carbocycles. The lowest BCUT2D eigenvalue weighted by molar-refractivity contribution is -0.140. The second-order valence-corrected chi connectivity index (χ2v) is 9.58. The Balaban J connectivity index is 0. The van der Waals surface area contributed by atoms with Crippen LogP contribution in [0.2, 0.25) is 0 Å². The van der Waals surface area contributed by atoms with Crippen LogP contribution in [-0.2, 0) is 19.2 Å². The van der Waals surface area contributed by atoms with Crippen LogP contribution in [0, 0.1) is 17.8 Å². The number of aldehydes is 1. The van der Waals surface area contributed by atoms with Gasteiger partial charge in [0, 0.05) is 19.0 Å². The van der Waals surface area contributed by atoms with E-state index in [2.05, 4.69) is 36.0 Å². The largest absolute Gasteiger partial charge is 0.346 e. The average molecular weight is 510 g/mol. The molecule has 1 heterocycles. The van der Waals surface area contributed by atoms with Gasteiger partial charge in [0.1, 0.15) is 6.29 Å². The van der Waals surface area contributed by atoms with E-state index in [0.717, 1.165) is 44.9 Å². The number of ketones is 1. The van der Waals surface area contributed by atoms with Crippen LogP contribution in [0.25, 0.3) is 0 Å². The fraction of sp³-hybridized carbons (Fsp3) is 0.793. The van der Waals surface area contributed by atoms with Crippen molar-refractivity contribution in [2.24, 2.45) is 17.8 Å². The van der Waals surface area contributed by atoms with Gasteiger partial charge < -0.3 is 20.3 Å². The first-order chi connectivity index (χ1) is 17.2. The molecule has 1 saturated heterocycles. The number of piperidine rings is 1. The second-order valence-electron chi connectivity index (χ2n) is 9.58. The van der Waals surface area contributed by atoms with Crippen LogP contribution in [0.3, 0.4) is 0 Å². The van der Waals surface area contributed by atoms with Crippen LogP contribution in [0.5, 0.6) is 0 Å². The first-order valence-electron chi connectivity index (χ1n) is 14.1. The highest BCUT2D eigenvalue weighted by atomic mass is 16.2. The van der Waals surface area contributed by atoms with Gasteiger partial charge in [0.15, 0.2) is 0 Å². The summed E-state index contributed by atoms with van der Waals surface area (Å²) < 4.78 is 0. The third kappa shape index (κ3) is 18.3. The Kier molecular flexibility index (Phi) is 23.5. The summed E-state index contributed by atoms with van der Waals surface area (Å²) in [5, 5.41) is 5.33. The fourth-order valence-electron chi connectivity index (χ4n) is 3.45. The van der Waals surface area contributed by atoms with Gasteiger partial charge in [-0.25, -0.2) is 0 Å². The lowest BCUT2D eigenvalue weighted by atomic mass is 9.96. The molecular formula is C29H55N3O4. The fourth-order valence-corrected chi connectivity index (χ4v) is 3.45. The monoisotopic (exact) mass is 509 g/mol. The quantitative estimate of drug-likeness (QED) is 0.221. The number of unbranched alkanes of at least 4 members (excludes halogenated alkanes) is 2. The highest BCUT2D eigenvalue weighted by Gasteiger charge is 2.35. The molecule has 2 rings (SSSR count). The van der Waals surface area contributed by atoms with Crippen molar-refractivity contribution >= 4 is 23.9 Å². The summed E-state index contributed by atoms with van der Waals surface area (Å²) in [6.45, 7) is 17.8. The van der Waals surface area contributed by atoms with Gasteiger partial charge in [-0.3, -0.25) is 14.4 Å². The van der Waals surface area contributed by atoms with Gasteiger partial charge in [0.25, 0.3) is 5.91 Å². The van der Waals surface area contributed by atoms with E-state index in [-0.39, 0.29) is 24.3 Å². The number of carbonyl (C=O) groups excluding carboxylic acids is 4. The van der Waals surface area contributed by atoms with Crippen LogP contribution in [-0.4, -0.2) is 61.5 Å². The molecule has 7 nitrogen and oxygen atoms in total. The van der Waals surface area contributed by atoms with Crippen molar-refractivity contribution in [2.75, 3.05) is 26.7 Å². The van der Waals surface area contributed by atoms with E-state index < -0.39 is 17.7 Å². The summed E-state index contributed by atoms with van der Waals surface area (Å²) >= 11 is 0. The first-order valence-corrected chi connectivity index (χ1v) is 14.1. The topological polar surface area (TPSA) is 95.6 Å². The van der Waals surface area contributed by atoms with Crippen molar-refractivity contribution in [3.05, 3.63) is 12.7 Å². The zero-order valence-electron chi connectivity index (χ0n) is 24.2. The Labute approximate surface area is 221 Å². The number of nitrogens with zero attached hydrogens (tertiary/aromatic N) is 1. The number of nitrogens with one attached hydrogen (secondary N) is 2. The van der Waals surface area contributed by atoms with Crippen LogP contribution in [0.4, 0.5) is 0 Å². The predicted molar refractivity (Wildman–Crippen MR) is 150 cm³/mol. The van der Waals surface area contributed by atoms with Gasteiger partial charge in [-0.2, -0.15) is 0 Å². The molecule has 3 atom stereocenters. The van der Waals surface area contributed by atoms with E-state index in [4.69, 9.17) is 0 Å². The van der Waals surface area contributed by atoms with Gasteiger partial charge in [-0.15, -0.1) is 6.58 Å². The molecule has 2 aliphatic rings. The van der Waals surface area contributed by atoms with Crippen LogP contribution >= 0.6 is 0 Å². The molecule has 2 fully saturated rings. The molecule has 0 spiro atoms. The molecule has 0 radical (unpaired) electrons. The Bertz CT molecular complexity index is 618. The highest BCUT2D eigenvalue weighted by molar-refractivity contribution is 6.38. The minimum Gasteiger partial charge on any atom is -0.346 e. The van der Waals surface area contributed by atoms with Crippen LogP contribution in [0.1, 0.15) is 99.3 Å². The maximum absolute atomic E-state index is 12.5. The predicted octanol–water partition coefficient (Wildman–Crippen LogP) is 4.94. The van der Waals surface area contributed by atoms with Crippen LogP contribution < -0.4 is 10.6 Å². The van der Waals surface area contributed by atoms with Crippen LogP contribution in [0.15, 0.2) is 12.7 Å². The summed E-state index contributed by atoms with van der Waals surface area (Å²) in [6, 6.07) is -0.702. The van der Waals surface area contributed by atoms with Crippen molar-refractivity contribution in [3.8, 4) is 0 Å². The number of amides is 2. The smallest absolute Gasteiger partial charge is 0.289 e.